The summed E-state index contributed by atoms with van der Waals surface area (Å²) in [5, 5.41) is 2.86. The first-order valence-corrected chi connectivity index (χ1v) is 11.8. The lowest BCUT2D eigenvalue weighted by Gasteiger charge is -2.26. The van der Waals surface area contributed by atoms with Gasteiger partial charge in [-0.05, 0) is 59.9 Å². The lowest BCUT2D eigenvalue weighted by atomic mass is 9.87. The molecule has 32 heavy (non-hydrogen) atoms. The highest BCUT2D eigenvalue weighted by atomic mass is 32.2. The monoisotopic (exact) mass is 444 g/mol. The second-order valence-electron chi connectivity index (χ2n) is 9.17. The van der Waals surface area contributed by atoms with E-state index in [1.54, 1.807) is 11.8 Å². The maximum atomic E-state index is 12.7. The number of aryl methyl sites for hydroxylation is 1. The zero-order chi connectivity index (χ0) is 22.9. The number of thioether (sulfide) groups is 1. The van der Waals surface area contributed by atoms with Gasteiger partial charge in [-0.15, -0.1) is 11.8 Å². The van der Waals surface area contributed by atoms with Gasteiger partial charge >= 0.3 is 0 Å². The van der Waals surface area contributed by atoms with Crippen LogP contribution in [0, 0.1) is 6.92 Å². The lowest BCUT2D eigenvalue weighted by Crippen LogP contribution is -2.28. The van der Waals surface area contributed by atoms with E-state index in [2.05, 4.69) is 38.2 Å². The largest absolute Gasteiger partial charge is 0.322 e. The summed E-state index contributed by atoms with van der Waals surface area (Å²) >= 11 is 1.62. The number of nitrogens with one attached hydrogen (secondary N) is 1. The number of rotatable bonds is 4. The topological polar surface area (TPSA) is 49.4 Å². The maximum absolute atomic E-state index is 12.7. The average molecular weight is 445 g/mol. The van der Waals surface area contributed by atoms with Crippen LogP contribution in [0.15, 0.2) is 72.8 Å². The highest BCUT2D eigenvalue weighted by Crippen LogP contribution is 2.42. The SMILES string of the molecule is Cc1ccc(C(=O)Nc2ccc([C@@H]3SCC(=O)N3c3ccc(C(C)(C)C)cc3)cc2)cc1. The molecular formula is C27H28N2O2S. The Hall–Kier alpha value is -3.05. The molecule has 1 aliphatic rings. The van der Waals surface area contributed by atoms with Crippen molar-refractivity contribution >= 4 is 35.0 Å². The van der Waals surface area contributed by atoms with Crippen molar-refractivity contribution in [3.05, 3.63) is 95.1 Å². The standard InChI is InChI=1S/C27H28N2O2S/c1-18-5-7-19(8-6-18)25(31)28-22-13-9-20(10-14-22)26-29(24(30)17-32-26)23-15-11-21(12-16-23)27(2,3)4/h5-16,26H,17H2,1-4H3,(H,28,31)/t26-/m0/s1. The highest BCUT2D eigenvalue weighted by molar-refractivity contribution is 8.00. The molecule has 1 aliphatic heterocycles. The minimum absolute atomic E-state index is 0.0700. The number of amides is 2. The molecule has 2 amide bonds. The van der Waals surface area contributed by atoms with E-state index < -0.39 is 0 Å². The van der Waals surface area contributed by atoms with Crippen molar-refractivity contribution in [2.75, 3.05) is 16.0 Å². The van der Waals surface area contributed by atoms with Crippen LogP contribution < -0.4 is 10.2 Å². The predicted octanol–water partition coefficient (Wildman–Crippen LogP) is 6.32. The zero-order valence-corrected chi connectivity index (χ0v) is 19.7. The molecule has 1 heterocycles. The summed E-state index contributed by atoms with van der Waals surface area (Å²) in [5.74, 6) is 0.432. The van der Waals surface area contributed by atoms with Crippen LogP contribution in [0.4, 0.5) is 11.4 Å². The van der Waals surface area contributed by atoms with Crippen molar-refractivity contribution in [3.63, 3.8) is 0 Å². The summed E-state index contributed by atoms with van der Waals surface area (Å²) in [6, 6.07) is 23.5. The van der Waals surface area contributed by atoms with Gasteiger partial charge in [-0.1, -0.05) is 62.7 Å². The lowest BCUT2D eigenvalue weighted by molar-refractivity contribution is -0.115. The minimum atomic E-state index is -0.135. The average Bonchev–Trinajstić information content (AvgIpc) is 3.15. The van der Waals surface area contributed by atoms with Crippen LogP contribution in [0.2, 0.25) is 0 Å². The van der Waals surface area contributed by atoms with Crippen molar-refractivity contribution in [2.45, 2.75) is 38.5 Å². The Morgan fingerprint density at radius 1 is 0.938 bits per heavy atom. The molecule has 5 heteroatoms. The van der Waals surface area contributed by atoms with Crippen LogP contribution in [-0.4, -0.2) is 17.6 Å². The zero-order valence-electron chi connectivity index (χ0n) is 18.9. The normalized spacial score (nSPS) is 16.3. The molecule has 0 bridgehead atoms. The molecule has 0 radical (unpaired) electrons. The number of hydrogen-bond donors (Lipinski definition) is 1. The Morgan fingerprint density at radius 2 is 1.56 bits per heavy atom. The number of hydrogen-bond acceptors (Lipinski definition) is 3. The van der Waals surface area contributed by atoms with Gasteiger partial charge in [-0.3, -0.25) is 14.5 Å². The fourth-order valence-electron chi connectivity index (χ4n) is 3.71. The summed E-state index contributed by atoms with van der Waals surface area (Å²) in [5.41, 5.74) is 5.73. The quantitative estimate of drug-likeness (QED) is 0.512. The van der Waals surface area contributed by atoms with Gasteiger partial charge in [0.25, 0.3) is 5.91 Å². The van der Waals surface area contributed by atoms with Gasteiger partial charge in [-0.2, -0.15) is 0 Å². The van der Waals surface area contributed by atoms with Crippen molar-refractivity contribution in [1.82, 2.24) is 0 Å². The fourth-order valence-corrected chi connectivity index (χ4v) is 4.89. The first kappa shape index (κ1) is 22.2. The smallest absolute Gasteiger partial charge is 0.255 e. The first-order valence-electron chi connectivity index (χ1n) is 10.7. The van der Waals surface area contributed by atoms with E-state index >= 15 is 0 Å². The molecule has 0 spiro atoms. The summed E-state index contributed by atoms with van der Waals surface area (Å²) < 4.78 is 0. The predicted molar refractivity (Wildman–Crippen MR) is 133 cm³/mol. The van der Waals surface area contributed by atoms with Crippen LogP contribution >= 0.6 is 11.8 Å². The van der Waals surface area contributed by atoms with Crippen LogP contribution in [0.1, 0.15) is 53.2 Å². The molecule has 1 N–H and O–H groups in total. The number of carbonyl (C=O) groups is 2. The van der Waals surface area contributed by atoms with Crippen LogP contribution in [0.25, 0.3) is 0 Å². The van der Waals surface area contributed by atoms with E-state index in [1.165, 1.54) is 5.56 Å². The molecule has 3 aromatic rings. The van der Waals surface area contributed by atoms with Crippen molar-refractivity contribution in [1.29, 1.82) is 0 Å². The highest BCUT2D eigenvalue weighted by Gasteiger charge is 2.34. The molecule has 1 saturated heterocycles. The minimum Gasteiger partial charge on any atom is -0.322 e. The Balaban J connectivity index is 1.50. The van der Waals surface area contributed by atoms with Gasteiger partial charge in [0.05, 0.1) is 5.75 Å². The second kappa shape index (κ2) is 8.83. The van der Waals surface area contributed by atoms with Crippen molar-refractivity contribution in [2.24, 2.45) is 0 Å². The van der Waals surface area contributed by atoms with Gasteiger partial charge in [-0.25, -0.2) is 0 Å². The third kappa shape index (κ3) is 4.73. The molecular weight excluding hydrogens is 416 g/mol. The fraction of sp³-hybridized carbons (Fsp3) is 0.259. The third-order valence-corrected chi connectivity index (χ3v) is 6.86. The van der Waals surface area contributed by atoms with Gasteiger partial charge in [0, 0.05) is 16.9 Å². The van der Waals surface area contributed by atoms with E-state index in [-0.39, 0.29) is 22.6 Å². The first-order chi connectivity index (χ1) is 15.2. The number of benzene rings is 3. The van der Waals surface area contributed by atoms with Gasteiger partial charge in [0.1, 0.15) is 5.37 Å². The molecule has 1 fully saturated rings. The van der Waals surface area contributed by atoms with Crippen LogP contribution in [0.5, 0.6) is 0 Å². The van der Waals surface area contributed by atoms with Gasteiger partial charge in [0.15, 0.2) is 0 Å². The summed E-state index contributed by atoms with van der Waals surface area (Å²) in [4.78, 5) is 27.0. The van der Waals surface area contributed by atoms with E-state index in [9.17, 15) is 9.59 Å². The molecule has 4 nitrogen and oxygen atoms in total. The Labute approximate surface area is 194 Å². The maximum Gasteiger partial charge on any atom is 0.255 e. The Morgan fingerprint density at radius 3 is 2.16 bits per heavy atom. The molecule has 0 aromatic heterocycles. The van der Waals surface area contributed by atoms with E-state index in [4.69, 9.17) is 0 Å². The molecule has 0 aliphatic carbocycles. The van der Waals surface area contributed by atoms with E-state index in [0.29, 0.717) is 11.3 Å². The van der Waals surface area contributed by atoms with Gasteiger partial charge in [0.2, 0.25) is 5.91 Å². The Kier molecular flexibility index (Phi) is 6.11. The van der Waals surface area contributed by atoms with Crippen molar-refractivity contribution in [3.8, 4) is 0 Å². The molecule has 0 unspecified atom stereocenters. The number of carbonyl (C=O) groups excluding carboxylic acids is 2. The molecule has 0 saturated carbocycles. The van der Waals surface area contributed by atoms with Crippen LogP contribution in [-0.2, 0) is 10.2 Å². The van der Waals surface area contributed by atoms with Crippen LogP contribution in [0.3, 0.4) is 0 Å². The number of anilines is 2. The Bertz CT molecular complexity index is 1110. The summed E-state index contributed by atoms with van der Waals surface area (Å²) in [6.07, 6.45) is 0. The second-order valence-corrected chi connectivity index (χ2v) is 10.2. The molecule has 4 rings (SSSR count). The molecule has 3 aromatic carbocycles. The molecule has 164 valence electrons. The summed E-state index contributed by atoms with van der Waals surface area (Å²) in [6.45, 7) is 8.54. The molecule has 1 atom stereocenters. The third-order valence-electron chi connectivity index (χ3n) is 5.65. The van der Waals surface area contributed by atoms with E-state index in [1.807, 2.05) is 72.5 Å². The van der Waals surface area contributed by atoms with E-state index in [0.717, 1.165) is 22.5 Å². The van der Waals surface area contributed by atoms with Crippen molar-refractivity contribution < 1.29 is 9.59 Å². The van der Waals surface area contributed by atoms with Gasteiger partial charge < -0.3 is 5.32 Å². The number of nitrogens with zero attached hydrogens (tertiary/aromatic N) is 1. The summed E-state index contributed by atoms with van der Waals surface area (Å²) in [7, 11) is 0.